The SMILES string of the molecule is NC(=O)c1cc(C(F)F)c(N)c(Cl)n1. The number of primary amides is 1. The van der Waals surface area contributed by atoms with Gasteiger partial charge < -0.3 is 11.5 Å². The molecule has 1 heterocycles. The largest absolute Gasteiger partial charge is 0.396 e. The minimum atomic E-state index is -2.83. The Kier molecular flexibility index (Phi) is 2.85. The van der Waals surface area contributed by atoms with Crippen LogP contribution in [-0.4, -0.2) is 10.9 Å². The first-order valence-electron chi connectivity index (χ1n) is 3.47. The van der Waals surface area contributed by atoms with Crippen molar-refractivity contribution in [1.82, 2.24) is 4.98 Å². The number of pyridine rings is 1. The van der Waals surface area contributed by atoms with Gasteiger partial charge in [0.1, 0.15) is 5.69 Å². The number of nitrogens with zero attached hydrogens (tertiary/aromatic N) is 1. The predicted octanol–water partition coefficient (Wildman–Crippen LogP) is 1.35. The van der Waals surface area contributed by atoms with Crippen LogP contribution in [-0.2, 0) is 0 Å². The number of carbonyl (C=O) groups excluding carboxylic acids is 1. The summed E-state index contributed by atoms with van der Waals surface area (Å²) in [7, 11) is 0. The van der Waals surface area contributed by atoms with Crippen LogP contribution in [0.1, 0.15) is 22.5 Å². The minimum Gasteiger partial charge on any atom is -0.396 e. The molecule has 0 saturated heterocycles. The Balaban J connectivity index is 3.35. The fourth-order valence-electron chi connectivity index (χ4n) is 0.849. The van der Waals surface area contributed by atoms with Gasteiger partial charge in [-0.3, -0.25) is 4.79 Å². The van der Waals surface area contributed by atoms with Crippen molar-refractivity contribution in [2.75, 3.05) is 5.73 Å². The third-order valence-corrected chi connectivity index (χ3v) is 1.82. The second-order valence-corrected chi connectivity index (χ2v) is 2.82. The van der Waals surface area contributed by atoms with Crippen molar-refractivity contribution in [3.63, 3.8) is 0 Å². The lowest BCUT2D eigenvalue weighted by Crippen LogP contribution is -2.14. The average Bonchev–Trinajstić information content (AvgIpc) is 2.08. The highest BCUT2D eigenvalue weighted by atomic mass is 35.5. The summed E-state index contributed by atoms with van der Waals surface area (Å²) in [6.45, 7) is 0. The molecular formula is C7H6ClF2N3O. The maximum absolute atomic E-state index is 12.3. The second-order valence-electron chi connectivity index (χ2n) is 2.47. The van der Waals surface area contributed by atoms with E-state index in [-0.39, 0.29) is 16.5 Å². The van der Waals surface area contributed by atoms with E-state index in [1.807, 2.05) is 0 Å². The fourth-order valence-corrected chi connectivity index (χ4v) is 1.05. The van der Waals surface area contributed by atoms with Crippen molar-refractivity contribution >= 4 is 23.2 Å². The van der Waals surface area contributed by atoms with Gasteiger partial charge in [-0.25, -0.2) is 13.8 Å². The predicted molar refractivity (Wildman–Crippen MR) is 47.1 cm³/mol. The Bertz CT molecular complexity index is 383. The lowest BCUT2D eigenvalue weighted by Gasteiger charge is -2.06. The first-order valence-corrected chi connectivity index (χ1v) is 3.85. The third-order valence-electron chi connectivity index (χ3n) is 1.53. The molecule has 0 spiro atoms. The van der Waals surface area contributed by atoms with Gasteiger partial charge in [0.05, 0.1) is 5.69 Å². The summed E-state index contributed by atoms with van der Waals surface area (Å²) in [4.78, 5) is 14.1. The zero-order valence-electron chi connectivity index (χ0n) is 6.80. The first-order chi connectivity index (χ1) is 6.43. The number of anilines is 1. The van der Waals surface area contributed by atoms with Gasteiger partial charge in [0.15, 0.2) is 5.15 Å². The molecular weight excluding hydrogens is 216 g/mol. The number of hydrogen-bond acceptors (Lipinski definition) is 3. The Morgan fingerprint density at radius 3 is 2.57 bits per heavy atom. The van der Waals surface area contributed by atoms with Gasteiger partial charge in [-0.1, -0.05) is 11.6 Å². The molecule has 0 aliphatic rings. The maximum Gasteiger partial charge on any atom is 0.267 e. The summed E-state index contributed by atoms with van der Waals surface area (Å²) in [5, 5.41) is -0.350. The fraction of sp³-hybridized carbons (Fsp3) is 0.143. The van der Waals surface area contributed by atoms with Crippen molar-refractivity contribution in [2.24, 2.45) is 5.73 Å². The number of nitrogen functional groups attached to an aromatic ring is 1. The normalized spacial score (nSPS) is 10.6. The number of carbonyl (C=O) groups is 1. The van der Waals surface area contributed by atoms with Crippen molar-refractivity contribution in [3.8, 4) is 0 Å². The molecule has 0 bridgehead atoms. The highest BCUT2D eigenvalue weighted by molar-refractivity contribution is 6.32. The molecule has 1 aromatic rings. The highest BCUT2D eigenvalue weighted by Crippen LogP contribution is 2.29. The molecule has 1 amide bonds. The molecule has 0 fully saturated rings. The molecule has 4 nitrogen and oxygen atoms in total. The third kappa shape index (κ3) is 1.90. The van der Waals surface area contributed by atoms with Crippen LogP contribution in [0.15, 0.2) is 6.07 Å². The number of aromatic nitrogens is 1. The van der Waals surface area contributed by atoms with Crippen LogP contribution in [0.5, 0.6) is 0 Å². The van der Waals surface area contributed by atoms with E-state index in [0.717, 1.165) is 6.07 Å². The molecule has 1 aromatic heterocycles. The van der Waals surface area contributed by atoms with Gasteiger partial charge in [0, 0.05) is 5.56 Å². The molecule has 0 aliphatic heterocycles. The molecule has 0 aromatic carbocycles. The summed E-state index contributed by atoms with van der Waals surface area (Å²) >= 11 is 5.43. The van der Waals surface area contributed by atoms with E-state index in [4.69, 9.17) is 23.1 Å². The van der Waals surface area contributed by atoms with E-state index < -0.39 is 17.9 Å². The quantitative estimate of drug-likeness (QED) is 0.740. The molecule has 4 N–H and O–H groups in total. The van der Waals surface area contributed by atoms with E-state index in [1.165, 1.54) is 0 Å². The molecule has 14 heavy (non-hydrogen) atoms. The van der Waals surface area contributed by atoms with Gasteiger partial charge in [0.25, 0.3) is 12.3 Å². The molecule has 1 rings (SSSR count). The van der Waals surface area contributed by atoms with Gasteiger partial charge in [0.2, 0.25) is 0 Å². The zero-order valence-corrected chi connectivity index (χ0v) is 7.55. The van der Waals surface area contributed by atoms with Crippen LogP contribution in [0.3, 0.4) is 0 Å². The van der Waals surface area contributed by atoms with Gasteiger partial charge in [-0.15, -0.1) is 0 Å². The maximum atomic E-state index is 12.3. The summed E-state index contributed by atoms with van der Waals surface area (Å²) in [5.74, 6) is -0.936. The van der Waals surface area contributed by atoms with Gasteiger partial charge in [-0.2, -0.15) is 0 Å². The van der Waals surface area contributed by atoms with Gasteiger partial charge >= 0.3 is 0 Å². The summed E-state index contributed by atoms with van der Waals surface area (Å²) in [6.07, 6.45) is -2.83. The van der Waals surface area contributed by atoms with E-state index >= 15 is 0 Å². The molecule has 0 atom stereocenters. The molecule has 0 aliphatic carbocycles. The smallest absolute Gasteiger partial charge is 0.267 e. The van der Waals surface area contributed by atoms with E-state index in [2.05, 4.69) is 4.98 Å². The first kappa shape index (κ1) is 10.6. The molecule has 76 valence electrons. The van der Waals surface area contributed by atoms with E-state index in [1.54, 1.807) is 0 Å². The summed E-state index contributed by atoms with van der Waals surface area (Å²) in [5.41, 5.74) is 8.86. The second kappa shape index (κ2) is 3.75. The molecule has 7 heteroatoms. The average molecular weight is 222 g/mol. The molecule has 0 radical (unpaired) electrons. The Hall–Kier alpha value is -1.43. The lowest BCUT2D eigenvalue weighted by molar-refractivity contribution is 0.0995. The van der Waals surface area contributed by atoms with E-state index in [0.29, 0.717) is 0 Å². The Morgan fingerprint density at radius 2 is 2.14 bits per heavy atom. The minimum absolute atomic E-state index is 0.334. The highest BCUT2D eigenvalue weighted by Gasteiger charge is 2.17. The Labute approximate surface area is 82.9 Å². The Morgan fingerprint density at radius 1 is 1.57 bits per heavy atom. The van der Waals surface area contributed by atoms with E-state index in [9.17, 15) is 13.6 Å². The standard InChI is InChI=1S/C7H6ClF2N3O/c8-5-4(11)2(6(9)10)1-3(13-5)7(12)14/h1,6H,11H2,(H2,12,14). The topological polar surface area (TPSA) is 82.0 Å². The van der Waals surface area contributed by atoms with Crippen LogP contribution < -0.4 is 11.5 Å². The zero-order chi connectivity index (χ0) is 10.9. The monoisotopic (exact) mass is 221 g/mol. The summed E-state index contributed by atoms with van der Waals surface area (Å²) < 4.78 is 24.7. The van der Waals surface area contributed by atoms with Crippen molar-refractivity contribution < 1.29 is 13.6 Å². The van der Waals surface area contributed by atoms with Gasteiger partial charge in [-0.05, 0) is 6.07 Å². The van der Waals surface area contributed by atoms with Crippen LogP contribution in [0, 0.1) is 0 Å². The number of nitrogens with two attached hydrogens (primary N) is 2. The van der Waals surface area contributed by atoms with Crippen molar-refractivity contribution in [3.05, 3.63) is 22.5 Å². The molecule has 0 unspecified atom stereocenters. The van der Waals surface area contributed by atoms with Crippen molar-refractivity contribution in [1.29, 1.82) is 0 Å². The number of hydrogen-bond donors (Lipinski definition) is 2. The number of rotatable bonds is 2. The van der Waals surface area contributed by atoms with Crippen LogP contribution >= 0.6 is 11.6 Å². The molecule has 0 saturated carbocycles. The van der Waals surface area contributed by atoms with Crippen LogP contribution in [0.4, 0.5) is 14.5 Å². The number of alkyl halides is 2. The van der Waals surface area contributed by atoms with Crippen LogP contribution in [0.2, 0.25) is 5.15 Å². The number of halogens is 3. The lowest BCUT2D eigenvalue weighted by atomic mass is 10.2. The van der Waals surface area contributed by atoms with Crippen LogP contribution in [0.25, 0.3) is 0 Å². The van der Waals surface area contributed by atoms with Crippen molar-refractivity contribution in [2.45, 2.75) is 6.43 Å². The summed E-state index contributed by atoms with van der Waals surface area (Å²) in [6, 6.07) is 0.828. The number of amides is 1.